The molecule has 0 radical (unpaired) electrons. The van der Waals surface area contributed by atoms with Crippen LogP contribution in [0.25, 0.3) is 11.2 Å². The van der Waals surface area contributed by atoms with Crippen molar-refractivity contribution < 1.29 is 13.2 Å². The van der Waals surface area contributed by atoms with Crippen LogP contribution in [0.1, 0.15) is 42.1 Å². The minimum absolute atomic E-state index is 0.0612. The molecule has 4 heterocycles. The topological polar surface area (TPSA) is 143 Å². The number of aromatic amines is 1. The number of carbonyl (C=O) groups excluding carboxylic acids is 1. The number of anilines is 1. The molecule has 0 bridgehead atoms. The van der Waals surface area contributed by atoms with E-state index in [4.69, 9.17) is 4.98 Å². The highest BCUT2D eigenvalue weighted by Crippen LogP contribution is 2.31. The fourth-order valence-electron chi connectivity index (χ4n) is 4.98. The summed E-state index contributed by atoms with van der Waals surface area (Å²) < 4.78 is 29.8. The van der Waals surface area contributed by atoms with Gasteiger partial charge in [0.2, 0.25) is 15.9 Å². The predicted molar refractivity (Wildman–Crippen MR) is 136 cm³/mol. The van der Waals surface area contributed by atoms with Crippen LogP contribution in [0.2, 0.25) is 0 Å². The number of piperidine rings is 1. The first-order valence-electron chi connectivity index (χ1n) is 12.2. The van der Waals surface area contributed by atoms with Crippen LogP contribution >= 0.6 is 0 Å². The smallest absolute Gasteiger partial charge is 0.281 e. The average molecular weight is 520 g/mol. The summed E-state index contributed by atoms with van der Waals surface area (Å²) in [5.74, 6) is 0.368. The highest BCUT2D eigenvalue weighted by molar-refractivity contribution is 7.89. The van der Waals surface area contributed by atoms with Gasteiger partial charge in [0, 0.05) is 31.1 Å². The number of sulfonamides is 1. The summed E-state index contributed by atoms with van der Waals surface area (Å²) in [6, 6.07) is 14.6. The van der Waals surface area contributed by atoms with Crippen molar-refractivity contribution >= 4 is 32.8 Å². The van der Waals surface area contributed by atoms with E-state index in [1.54, 1.807) is 22.9 Å². The summed E-state index contributed by atoms with van der Waals surface area (Å²) in [5, 5.41) is 10.9. The largest absolute Gasteiger partial charge is 0.326 e. The van der Waals surface area contributed by atoms with Crippen molar-refractivity contribution in [2.75, 3.05) is 18.4 Å². The Bertz CT molecular complexity index is 1660. The number of hydrogen-bond donors (Lipinski definition) is 2. The second-order valence-corrected chi connectivity index (χ2v) is 11.3. The number of nitrogens with one attached hydrogen (secondary N) is 2. The van der Waals surface area contributed by atoms with Gasteiger partial charge in [0.25, 0.3) is 5.56 Å². The Hall–Kier alpha value is -3.90. The molecule has 37 heavy (non-hydrogen) atoms. The first kappa shape index (κ1) is 23.5. The predicted octanol–water partition coefficient (Wildman–Crippen LogP) is 2.02. The van der Waals surface area contributed by atoms with Gasteiger partial charge in [-0.3, -0.25) is 9.59 Å². The number of fused-ring (bicyclic) bond motifs is 2. The Kier molecular flexibility index (Phi) is 5.84. The van der Waals surface area contributed by atoms with Crippen molar-refractivity contribution in [3.8, 4) is 0 Å². The quantitative estimate of drug-likeness (QED) is 0.411. The lowest BCUT2D eigenvalue weighted by Gasteiger charge is -2.31. The van der Waals surface area contributed by atoms with Gasteiger partial charge in [0.15, 0.2) is 11.2 Å². The second-order valence-electron chi connectivity index (χ2n) is 9.40. The molecule has 0 unspecified atom stereocenters. The number of benzene rings is 2. The highest BCUT2D eigenvalue weighted by Gasteiger charge is 2.32. The zero-order valence-corrected chi connectivity index (χ0v) is 20.7. The average Bonchev–Trinajstić information content (AvgIpc) is 3.32. The van der Waals surface area contributed by atoms with Gasteiger partial charge in [-0.05, 0) is 48.6 Å². The molecule has 1 saturated heterocycles. The molecule has 0 spiro atoms. The van der Waals surface area contributed by atoms with Crippen LogP contribution in [0.3, 0.4) is 0 Å². The highest BCUT2D eigenvalue weighted by atomic mass is 32.2. The molecule has 2 aliphatic rings. The number of hydrogen-bond acceptors (Lipinski definition) is 7. The summed E-state index contributed by atoms with van der Waals surface area (Å²) in [4.78, 5) is 32.1. The third-order valence-corrected chi connectivity index (χ3v) is 8.91. The Morgan fingerprint density at radius 1 is 1.00 bits per heavy atom. The number of H-pyrrole nitrogens is 1. The van der Waals surface area contributed by atoms with E-state index < -0.39 is 10.0 Å². The van der Waals surface area contributed by atoms with E-state index in [0.29, 0.717) is 62.5 Å². The number of aromatic nitrogens is 5. The van der Waals surface area contributed by atoms with Crippen LogP contribution in [0, 0.1) is 0 Å². The molecule has 0 atom stereocenters. The third kappa shape index (κ3) is 4.42. The van der Waals surface area contributed by atoms with E-state index in [-0.39, 0.29) is 27.8 Å². The number of rotatable bonds is 5. The zero-order chi connectivity index (χ0) is 25.6. The van der Waals surface area contributed by atoms with E-state index in [9.17, 15) is 18.0 Å². The fourth-order valence-corrected chi connectivity index (χ4v) is 6.50. The molecular weight excluding hydrogens is 494 g/mol. The molecule has 2 aromatic carbocycles. The summed E-state index contributed by atoms with van der Waals surface area (Å²) in [6.07, 6.45) is 1.91. The van der Waals surface area contributed by atoms with Crippen LogP contribution in [-0.2, 0) is 27.8 Å². The lowest BCUT2D eigenvalue weighted by Crippen LogP contribution is -2.38. The van der Waals surface area contributed by atoms with E-state index >= 15 is 0 Å². The molecule has 11 nitrogen and oxygen atoms in total. The van der Waals surface area contributed by atoms with Crippen molar-refractivity contribution in [1.82, 2.24) is 29.3 Å². The van der Waals surface area contributed by atoms with Gasteiger partial charge in [-0.1, -0.05) is 35.5 Å². The summed E-state index contributed by atoms with van der Waals surface area (Å²) in [5.41, 5.74) is 2.75. The van der Waals surface area contributed by atoms with E-state index in [0.717, 1.165) is 11.1 Å². The molecule has 0 aliphatic carbocycles. The maximum atomic E-state index is 13.3. The molecule has 2 aromatic heterocycles. The standard InChI is InChI=1S/C25H25N7O4S/c33-21-9-6-18-14-19(7-8-20(18)26-21)37(35,36)31-12-10-17(11-13-31)23-27-24-22(25(34)28-23)29-30-32(24)15-16-4-2-1-3-5-16/h1-5,7-8,14,17H,6,9-13,15H2,(H,26,33)(H,27,28,34). The molecule has 6 rings (SSSR count). The molecule has 0 saturated carbocycles. The third-order valence-electron chi connectivity index (χ3n) is 7.02. The van der Waals surface area contributed by atoms with Gasteiger partial charge in [-0.2, -0.15) is 4.31 Å². The minimum atomic E-state index is -3.69. The van der Waals surface area contributed by atoms with Gasteiger partial charge in [0.1, 0.15) is 5.82 Å². The van der Waals surface area contributed by atoms with Crippen molar-refractivity contribution in [3.05, 3.63) is 75.8 Å². The number of aryl methyl sites for hydroxylation is 1. The van der Waals surface area contributed by atoms with Crippen molar-refractivity contribution in [1.29, 1.82) is 0 Å². The second kappa shape index (κ2) is 9.20. The molecule has 2 N–H and O–H groups in total. The molecule has 1 amide bonds. The van der Waals surface area contributed by atoms with Gasteiger partial charge in [-0.15, -0.1) is 5.10 Å². The van der Waals surface area contributed by atoms with Crippen molar-refractivity contribution in [3.63, 3.8) is 0 Å². The molecule has 2 aliphatic heterocycles. The number of carbonyl (C=O) groups is 1. The maximum Gasteiger partial charge on any atom is 0.281 e. The van der Waals surface area contributed by atoms with Crippen LogP contribution in [0.4, 0.5) is 5.69 Å². The monoisotopic (exact) mass is 519 g/mol. The van der Waals surface area contributed by atoms with E-state index in [1.807, 2.05) is 30.3 Å². The van der Waals surface area contributed by atoms with Gasteiger partial charge < -0.3 is 10.3 Å². The lowest BCUT2D eigenvalue weighted by molar-refractivity contribution is -0.116. The normalized spacial score (nSPS) is 17.0. The van der Waals surface area contributed by atoms with Crippen LogP contribution in [0.15, 0.2) is 58.2 Å². The van der Waals surface area contributed by atoms with Crippen molar-refractivity contribution in [2.24, 2.45) is 0 Å². The summed E-state index contributed by atoms with van der Waals surface area (Å²) in [7, 11) is -3.69. The maximum absolute atomic E-state index is 13.3. The zero-order valence-electron chi connectivity index (χ0n) is 19.9. The first-order valence-corrected chi connectivity index (χ1v) is 13.6. The Morgan fingerprint density at radius 3 is 2.57 bits per heavy atom. The van der Waals surface area contributed by atoms with Gasteiger partial charge in [-0.25, -0.2) is 18.1 Å². The van der Waals surface area contributed by atoms with Gasteiger partial charge >= 0.3 is 0 Å². The van der Waals surface area contributed by atoms with Crippen LogP contribution in [0.5, 0.6) is 0 Å². The number of amides is 1. The molecule has 190 valence electrons. The summed E-state index contributed by atoms with van der Waals surface area (Å²) >= 11 is 0. The van der Waals surface area contributed by atoms with Crippen LogP contribution in [-0.4, -0.2) is 56.7 Å². The number of nitrogens with zero attached hydrogens (tertiary/aromatic N) is 5. The Balaban J connectivity index is 1.20. The molecule has 12 heteroatoms. The minimum Gasteiger partial charge on any atom is -0.326 e. The van der Waals surface area contributed by atoms with E-state index in [1.165, 1.54) is 4.31 Å². The SMILES string of the molecule is O=C1CCc2cc(S(=O)(=O)N3CCC(c4nc5c(nnn5Cc5ccccc5)c(=O)[nH]4)CC3)ccc2N1. The van der Waals surface area contributed by atoms with Gasteiger partial charge in [0.05, 0.1) is 11.4 Å². The Morgan fingerprint density at radius 2 is 1.78 bits per heavy atom. The first-order chi connectivity index (χ1) is 17.9. The Labute approximate surface area is 212 Å². The summed E-state index contributed by atoms with van der Waals surface area (Å²) in [6.45, 7) is 1.06. The molecular formula is C25H25N7O4S. The molecule has 4 aromatic rings. The van der Waals surface area contributed by atoms with Crippen LogP contribution < -0.4 is 10.9 Å². The fraction of sp³-hybridized carbons (Fsp3) is 0.320. The van der Waals surface area contributed by atoms with E-state index in [2.05, 4.69) is 20.6 Å². The molecule has 1 fully saturated rings. The lowest BCUT2D eigenvalue weighted by atomic mass is 9.97. The van der Waals surface area contributed by atoms with Crippen molar-refractivity contribution in [2.45, 2.75) is 43.0 Å².